The molecule has 1 N–H and O–H groups in total. The van der Waals surface area contributed by atoms with E-state index < -0.39 is 29.4 Å². The first kappa shape index (κ1) is 30.6. The number of ether oxygens (including phenoxy) is 3. The summed E-state index contributed by atoms with van der Waals surface area (Å²) in [5.74, 6) is -2.63. The Kier molecular flexibility index (Phi) is 8.89. The van der Waals surface area contributed by atoms with E-state index >= 15 is 4.39 Å². The van der Waals surface area contributed by atoms with E-state index in [4.69, 9.17) is 9.47 Å². The van der Waals surface area contributed by atoms with Gasteiger partial charge in [0.05, 0.1) is 37.3 Å². The maximum absolute atomic E-state index is 16.1. The summed E-state index contributed by atoms with van der Waals surface area (Å²) in [6, 6.07) is 18.0. The van der Waals surface area contributed by atoms with E-state index in [-0.39, 0.29) is 41.3 Å². The number of methoxy groups -OCH3 is 2. The summed E-state index contributed by atoms with van der Waals surface area (Å²) in [6.07, 6.45) is -5.02. The quantitative estimate of drug-likeness (QED) is 0.225. The van der Waals surface area contributed by atoms with Gasteiger partial charge in [0, 0.05) is 23.1 Å². The van der Waals surface area contributed by atoms with Crippen LogP contribution in [0.15, 0.2) is 66.7 Å². The summed E-state index contributed by atoms with van der Waals surface area (Å²) >= 11 is 0. The first-order valence-electron chi connectivity index (χ1n) is 12.8. The lowest BCUT2D eigenvalue weighted by Gasteiger charge is -2.39. The van der Waals surface area contributed by atoms with E-state index in [1.807, 2.05) is 0 Å². The van der Waals surface area contributed by atoms with Crippen molar-refractivity contribution in [1.29, 1.82) is 5.26 Å². The SMILES string of the molecule is COc1cccc(C(c2cc3cc(C#N)ccc3nc2OC)C(O)(CCN(C)C)c2cccc(OC(F)(F)F)c2)c1F. The van der Waals surface area contributed by atoms with Crippen LogP contribution < -0.4 is 14.2 Å². The van der Waals surface area contributed by atoms with Gasteiger partial charge >= 0.3 is 6.36 Å². The topological polar surface area (TPSA) is 87.8 Å². The standard InChI is InChI=1S/C31H29F4N3O4/c1-38(2)14-13-30(39,21-7-5-8-22(17-21)42-31(33,34)35)27(23-9-6-10-26(40-3)28(23)32)24-16-20-15-19(18-36)11-12-25(20)37-29(24)41-4/h5-12,15-17,27,39H,13-14H2,1-4H3. The summed E-state index contributed by atoms with van der Waals surface area (Å²) in [6.45, 7) is 0.269. The average molecular weight is 584 g/mol. The summed E-state index contributed by atoms with van der Waals surface area (Å²) in [7, 11) is 6.21. The molecule has 7 nitrogen and oxygen atoms in total. The Morgan fingerprint density at radius 3 is 2.36 bits per heavy atom. The van der Waals surface area contributed by atoms with Gasteiger partial charge in [0.1, 0.15) is 11.4 Å². The lowest BCUT2D eigenvalue weighted by molar-refractivity contribution is -0.274. The van der Waals surface area contributed by atoms with Gasteiger partial charge in [-0.1, -0.05) is 24.3 Å². The van der Waals surface area contributed by atoms with Crippen LogP contribution in [0.1, 0.15) is 34.6 Å². The maximum Gasteiger partial charge on any atom is 0.573 e. The number of halogens is 4. The van der Waals surface area contributed by atoms with Gasteiger partial charge in [-0.05, 0) is 68.5 Å². The van der Waals surface area contributed by atoms with Crippen LogP contribution >= 0.6 is 0 Å². The minimum Gasteiger partial charge on any atom is -0.494 e. The lowest BCUT2D eigenvalue weighted by Crippen LogP contribution is -2.38. The van der Waals surface area contributed by atoms with E-state index in [1.165, 1.54) is 38.5 Å². The number of hydrogen-bond acceptors (Lipinski definition) is 7. The highest BCUT2D eigenvalue weighted by Crippen LogP contribution is 2.49. The molecule has 0 amide bonds. The number of pyridine rings is 1. The van der Waals surface area contributed by atoms with Gasteiger partial charge in [-0.3, -0.25) is 0 Å². The van der Waals surface area contributed by atoms with Crippen molar-refractivity contribution in [2.45, 2.75) is 24.3 Å². The Morgan fingerprint density at radius 1 is 0.976 bits per heavy atom. The fraction of sp³-hybridized carbons (Fsp3) is 0.290. The monoisotopic (exact) mass is 583 g/mol. The van der Waals surface area contributed by atoms with Crippen LogP contribution in [0.2, 0.25) is 0 Å². The third-order valence-electron chi connectivity index (χ3n) is 6.95. The molecule has 11 heteroatoms. The van der Waals surface area contributed by atoms with E-state index in [0.717, 1.165) is 12.1 Å². The second-order valence-corrected chi connectivity index (χ2v) is 9.96. The molecule has 220 valence electrons. The molecule has 0 aliphatic carbocycles. The largest absolute Gasteiger partial charge is 0.573 e. The van der Waals surface area contributed by atoms with Crippen LogP contribution in [0.25, 0.3) is 10.9 Å². The Labute approximate surface area is 240 Å². The first-order valence-corrected chi connectivity index (χ1v) is 12.8. The van der Waals surface area contributed by atoms with Crippen LogP contribution in [-0.2, 0) is 5.60 Å². The molecule has 4 rings (SSSR count). The number of rotatable bonds is 10. The Hall–Kier alpha value is -4.40. The number of nitriles is 1. The van der Waals surface area contributed by atoms with Crippen LogP contribution in [0.5, 0.6) is 17.4 Å². The molecule has 0 radical (unpaired) electrons. The van der Waals surface area contributed by atoms with Crippen LogP contribution in [-0.4, -0.2) is 56.2 Å². The van der Waals surface area contributed by atoms with Gasteiger partial charge in [-0.2, -0.15) is 5.26 Å². The molecule has 0 spiro atoms. The minimum atomic E-state index is -4.97. The fourth-order valence-electron chi connectivity index (χ4n) is 5.02. The number of alkyl halides is 3. The molecule has 0 bridgehead atoms. The van der Waals surface area contributed by atoms with Gasteiger partial charge < -0.3 is 24.2 Å². The van der Waals surface area contributed by atoms with Crippen molar-refractivity contribution in [2.24, 2.45) is 0 Å². The zero-order valence-electron chi connectivity index (χ0n) is 23.4. The van der Waals surface area contributed by atoms with Crippen molar-refractivity contribution in [3.05, 3.63) is 94.8 Å². The molecule has 0 fully saturated rings. The molecule has 1 heterocycles. The highest BCUT2D eigenvalue weighted by molar-refractivity contribution is 5.82. The van der Waals surface area contributed by atoms with E-state index in [0.29, 0.717) is 16.5 Å². The first-order chi connectivity index (χ1) is 19.9. The van der Waals surface area contributed by atoms with Gasteiger partial charge in [0.25, 0.3) is 0 Å². The van der Waals surface area contributed by atoms with Crippen molar-refractivity contribution in [3.8, 4) is 23.4 Å². The molecule has 0 aliphatic rings. The summed E-state index contributed by atoms with van der Waals surface area (Å²) in [5.41, 5.74) is -0.908. The second kappa shape index (κ2) is 12.2. The molecule has 4 aromatic rings. The van der Waals surface area contributed by atoms with Gasteiger partial charge in [-0.15, -0.1) is 13.2 Å². The third kappa shape index (κ3) is 6.40. The number of benzene rings is 3. The predicted molar refractivity (Wildman–Crippen MR) is 148 cm³/mol. The Bertz CT molecular complexity index is 1620. The van der Waals surface area contributed by atoms with E-state index in [9.17, 15) is 23.5 Å². The van der Waals surface area contributed by atoms with Crippen molar-refractivity contribution in [2.75, 3.05) is 34.9 Å². The molecule has 1 aromatic heterocycles. The Morgan fingerprint density at radius 2 is 1.71 bits per heavy atom. The highest BCUT2D eigenvalue weighted by atomic mass is 19.4. The number of fused-ring (bicyclic) bond motifs is 1. The lowest BCUT2D eigenvalue weighted by atomic mass is 9.71. The van der Waals surface area contributed by atoms with E-state index in [1.54, 1.807) is 49.3 Å². The zero-order valence-corrected chi connectivity index (χ0v) is 23.4. The third-order valence-corrected chi connectivity index (χ3v) is 6.95. The summed E-state index contributed by atoms with van der Waals surface area (Å²) < 4.78 is 70.6. The molecule has 0 saturated carbocycles. The number of hydrogen-bond donors (Lipinski definition) is 1. The van der Waals surface area contributed by atoms with Gasteiger partial charge in [0.2, 0.25) is 5.88 Å². The van der Waals surface area contributed by atoms with E-state index in [2.05, 4.69) is 15.8 Å². The minimum absolute atomic E-state index is 0.00589. The molecule has 0 aliphatic heterocycles. The number of aromatic nitrogens is 1. The molecular weight excluding hydrogens is 554 g/mol. The summed E-state index contributed by atoms with van der Waals surface area (Å²) in [4.78, 5) is 6.36. The second-order valence-electron chi connectivity index (χ2n) is 9.96. The predicted octanol–water partition coefficient (Wildman–Crippen LogP) is 6.13. The number of nitrogens with zero attached hydrogens (tertiary/aromatic N) is 3. The normalized spacial score (nSPS) is 13.8. The molecular formula is C31H29F4N3O4. The van der Waals surface area contributed by atoms with Crippen molar-refractivity contribution < 1.29 is 36.9 Å². The van der Waals surface area contributed by atoms with Crippen LogP contribution in [0, 0.1) is 17.1 Å². The molecule has 0 saturated heterocycles. The molecule has 3 aromatic carbocycles. The van der Waals surface area contributed by atoms with Crippen molar-refractivity contribution >= 4 is 10.9 Å². The molecule has 2 atom stereocenters. The smallest absolute Gasteiger partial charge is 0.494 e. The molecule has 2 unspecified atom stereocenters. The maximum atomic E-state index is 16.1. The Balaban J connectivity index is 2.08. The average Bonchev–Trinajstić information content (AvgIpc) is 2.95. The van der Waals surface area contributed by atoms with Crippen molar-refractivity contribution in [3.63, 3.8) is 0 Å². The van der Waals surface area contributed by atoms with Crippen LogP contribution in [0.3, 0.4) is 0 Å². The van der Waals surface area contributed by atoms with Crippen molar-refractivity contribution in [1.82, 2.24) is 9.88 Å². The highest BCUT2D eigenvalue weighted by Gasteiger charge is 2.44. The zero-order chi connectivity index (χ0) is 30.7. The van der Waals surface area contributed by atoms with Gasteiger partial charge in [-0.25, -0.2) is 9.37 Å². The van der Waals surface area contributed by atoms with Gasteiger partial charge in [0.15, 0.2) is 11.6 Å². The van der Waals surface area contributed by atoms with Crippen LogP contribution in [0.4, 0.5) is 17.6 Å². The summed E-state index contributed by atoms with van der Waals surface area (Å²) in [5, 5.41) is 22.7. The number of aliphatic hydroxyl groups is 1. The fourth-order valence-corrected chi connectivity index (χ4v) is 5.02. The molecule has 42 heavy (non-hydrogen) atoms.